The van der Waals surface area contributed by atoms with Crippen molar-refractivity contribution in [3.63, 3.8) is 0 Å². The van der Waals surface area contributed by atoms with Crippen LogP contribution in [0.25, 0.3) is 0 Å². The van der Waals surface area contributed by atoms with E-state index in [0.29, 0.717) is 18.7 Å². The molecule has 28 heavy (non-hydrogen) atoms. The first-order chi connectivity index (χ1) is 13.3. The fourth-order valence-electron chi connectivity index (χ4n) is 3.55. The van der Waals surface area contributed by atoms with Crippen molar-refractivity contribution < 1.29 is 18.0 Å². The van der Waals surface area contributed by atoms with Crippen molar-refractivity contribution in [2.75, 3.05) is 19.6 Å². The summed E-state index contributed by atoms with van der Waals surface area (Å²) in [7, 11) is 0. The first-order valence-corrected chi connectivity index (χ1v) is 9.16. The Balaban J connectivity index is 1.79. The van der Waals surface area contributed by atoms with Gasteiger partial charge in [0.1, 0.15) is 0 Å². The highest BCUT2D eigenvalue weighted by Crippen LogP contribution is 2.32. The summed E-state index contributed by atoms with van der Waals surface area (Å²) < 4.78 is 39.5. The number of pyridine rings is 1. The van der Waals surface area contributed by atoms with Gasteiger partial charge in [0, 0.05) is 31.5 Å². The minimum Gasteiger partial charge on any atom is -0.369 e. The van der Waals surface area contributed by atoms with Gasteiger partial charge in [0.25, 0.3) is 0 Å². The zero-order valence-electron chi connectivity index (χ0n) is 15.3. The van der Waals surface area contributed by atoms with Crippen LogP contribution in [-0.4, -0.2) is 41.5 Å². The Labute approximate surface area is 161 Å². The van der Waals surface area contributed by atoms with E-state index in [1.807, 2.05) is 4.90 Å². The van der Waals surface area contributed by atoms with E-state index in [9.17, 15) is 18.0 Å². The van der Waals surface area contributed by atoms with Gasteiger partial charge in [0.05, 0.1) is 18.2 Å². The van der Waals surface area contributed by atoms with Crippen LogP contribution in [0.5, 0.6) is 0 Å². The van der Waals surface area contributed by atoms with Gasteiger partial charge in [-0.05, 0) is 48.2 Å². The molecular formula is C20H23F3N4O. The number of primary amides is 1. The number of rotatable bonds is 6. The number of hydrogen-bond acceptors (Lipinski definition) is 4. The van der Waals surface area contributed by atoms with Crippen LogP contribution in [0, 0.1) is 0 Å². The molecule has 2 aromatic rings. The number of likely N-dealkylation sites (tertiary alicyclic amines) is 1. The zero-order valence-corrected chi connectivity index (χ0v) is 15.3. The van der Waals surface area contributed by atoms with Crippen LogP contribution >= 0.6 is 0 Å². The van der Waals surface area contributed by atoms with Crippen LogP contribution in [0.15, 0.2) is 48.8 Å². The Morgan fingerprint density at radius 2 is 1.86 bits per heavy atom. The van der Waals surface area contributed by atoms with Gasteiger partial charge >= 0.3 is 6.18 Å². The van der Waals surface area contributed by atoms with E-state index < -0.39 is 11.7 Å². The highest BCUT2D eigenvalue weighted by Gasteiger charge is 2.31. The minimum atomic E-state index is -4.39. The average Bonchev–Trinajstić information content (AvgIpc) is 2.67. The van der Waals surface area contributed by atoms with Crippen LogP contribution in [-0.2, 0) is 11.0 Å². The molecule has 0 spiro atoms. The normalized spacial score (nSPS) is 17.4. The Bertz CT molecular complexity index is 790. The number of piperidine rings is 1. The third-order valence-electron chi connectivity index (χ3n) is 4.96. The monoisotopic (exact) mass is 392 g/mol. The molecule has 1 saturated heterocycles. The molecule has 0 unspecified atom stereocenters. The molecule has 1 aromatic heterocycles. The van der Waals surface area contributed by atoms with Gasteiger partial charge in [-0.25, -0.2) is 0 Å². The number of alkyl halides is 3. The number of amides is 1. The molecule has 0 bridgehead atoms. The molecule has 0 saturated carbocycles. The van der Waals surface area contributed by atoms with Crippen LogP contribution in [0.3, 0.4) is 0 Å². The SMILES string of the molecule is NC(=O)CN1CCC(N[C@@H](c2ccncc2)c2cccc(C(F)(F)F)c2)CC1. The smallest absolute Gasteiger partial charge is 0.369 e. The van der Waals surface area contributed by atoms with Gasteiger partial charge in [-0.15, -0.1) is 0 Å². The van der Waals surface area contributed by atoms with Crippen molar-refractivity contribution in [3.05, 3.63) is 65.5 Å². The molecule has 0 aliphatic carbocycles. The third-order valence-corrected chi connectivity index (χ3v) is 4.96. The standard InChI is InChI=1S/C20H23F3N4O/c21-20(22,23)16-3-1-2-15(12-16)19(14-4-8-25-9-5-14)26-17-6-10-27(11-7-17)13-18(24)28/h1-5,8-9,12,17,19,26H,6-7,10-11,13H2,(H2,24,28)/t19-/m0/s1. The van der Waals surface area contributed by atoms with Crippen molar-refractivity contribution in [3.8, 4) is 0 Å². The van der Waals surface area contributed by atoms with Crippen LogP contribution in [0.2, 0.25) is 0 Å². The van der Waals surface area contributed by atoms with E-state index >= 15 is 0 Å². The quantitative estimate of drug-likeness (QED) is 0.793. The molecular weight excluding hydrogens is 369 g/mol. The lowest BCUT2D eigenvalue weighted by molar-refractivity contribution is -0.137. The van der Waals surface area contributed by atoms with Gasteiger partial charge in [-0.3, -0.25) is 14.7 Å². The van der Waals surface area contributed by atoms with Crippen molar-refractivity contribution in [1.29, 1.82) is 0 Å². The van der Waals surface area contributed by atoms with E-state index in [1.54, 1.807) is 30.6 Å². The van der Waals surface area contributed by atoms with Crippen LogP contribution in [0.1, 0.15) is 35.6 Å². The Kier molecular flexibility index (Phi) is 6.31. The first-order valence-electron chi connectivity index (χ1n) is 9.16. The van der Waals surface area contributed by atoms with Gasteiger partial charge in [0.15, 0.2) is 0 Å². The Morgan fingerprint density at radius 3 is 2.46 bits per heavy atom. The molecule has 1 aromatic carbocycles. The summed E-state index contributed by atoms with van der Waals surface area (Å²) in [5.41, 5.74) is 5.99. The van der Waals surface area contributed by atoms with E-state index in [2.05, 4.69) is 10.3 Å². The molecule has 150 valence electrons. The molecule has 5 nitrogen and oxygen atoms in total. The Hall–Kier alpha value is -2.45. The molecule has 1 aliphatic rings. The summed E-state index contributed by atoms with van der Waals surface area (Å²) in [5, 5.41) is 3.50. The maximum atomic E-state index is 13.2. The molecule has 0 radical (unpaired) electrons. The second-order valence-electron chi connectivity index (χ2n) is 7.02. The lowest BCUT2D eigenvalue weighted by Crippen LogP contribution is -2.46. The molecule has 8 heteroatoms. The molecule has 2 heterocycles. The first kappa shape index (κ1) is 20.3. The molecule has 1 amide bonds. The number of nitrogens with two attached hydrogens (primary N) is 1. The second kappa shape index (κ2) is 8.70. The minimum absolute atomic E-state index is 0.122. The molecule has 3 rings (SSSR count). The van der Waals surface area contributed by atoms with Crippen LogP contribution in [0.4, 0.5) is 13.2 Å². The van der Waals surface area contributed by atoms with E-state index in [4.69, 9.17) is 5.73 Å². The summed E-state index contributed by atoms with van der Waals surface area (Å²) in [6.07, 6.45) is 0.445. The van der Waals surface area contributed by atoms with E-state index in [1.165, 1.54) is 12.1 Å². The summed E-state index contributed by atoms with van der Waals surface area (Å²) in [6, 6.07) is 8.77. The number of halogens is 3. The summed E-state index contributed by atoms with van der Waals surface area (Å²) in [6.45, 7) is 1.66. The van der Waals surface area contributed by atoms with Gasteiger partial charge in [-0.1, -0.05) is 12.1 Å². The number of nitrogens with one attached hydrogen (secondary N) is 1. The topological polar surface area (TPSA) is 71.2 Å². The summed E-state index contributed by atoms with van der Waals surface area (Å²) in [5.74, 6) is -0.356. The number of nitrogens with zero attached hydrogens (tertiary/aromatic N) is 2. The van der Waals surface area contributed by atoms with E-state index in [-0.39, 0.29) is 24.5 Å². The van der Waals surface area contributed by atoms with Crippen molar-refractivity contribution in [2.45, 2.75) is 31.1 Å². The van der Waals surface area contributed by atoms with Gasteiger partial charge in [0.2, 0.25) is 5.91 Å². The zero-order chi connectivity index (χ0) is 20.1. The summed E-state index contributed by atoms with van der Waals surface area (Å²) in [4.78, 5) is 17.1. The average molecular weight is 392 g/mol. The van der Waals surface area contributed by atoms with Crippen molar-refractivity contribution in [1.82, 2.24) is 15.2 Å². The van der Waals surface area contributed by atoms with Crippen molar-refractivity contribution in [2.24, 2.45) is 5.73 Å². The maximum absolute atomic E-state index is 13.2. The summed E-state index contributed by atoms with van der Waals surface area (Å²) >= 11 is 0. The Morgan fingerprint density at radius 1 is 1.18 bits per heavy atom. The number of carbonyl (C=O) groups excluding carboxylic acids is 1. The lowest BCUT2D eigenvalue weighted by Gasteiger charge is -2.34. The number of carbonyl (C=O) groups is 1. The van der Waals surface area contributed by atoms with Gasteiger partial charge in [-0.2, -0.15) is 13.2 Å². The third kappa shape index (κ3) is 5.30. The highest BCUT2D eigenvalue weighted by molar-refractivity contribution is 5.75. The fourth-order valence-corrected chi connectivity index (χ4v) is 3.55. The maximum Gasteiger partial charge on any atom is 0.416 e. The molecule has 1 fully saturated rings. The van der Waals surface area contributed by atoms with E-state index in [0.717, 1.165) is 24.5 Å². The largest absolute Gasteiger partial charge is 0.416 e. The molecule has 1 atom stereocenters. The number of benzene rings is 1. The number of hydrogen-bond donors (Lipinski definition) is 2. The van der Waals surface area contributed by atoms with Crippen molar-refractivity contribution >= 4 is 5.91 Å². The predicted molar refractivity (Wildman–Crippen MR) is 99.3 cm³/mol. The molecule has 1 aliphatic heterocycles. The molecule has 3 N–H and O–H groups in total. The number of aromatic nitrogens is 1. The lowest BCUT2D eigenvalue weighted by atomic mass is 9.95. The second-order valence-corrected chi connectivity index (χ2v) is 7.02. The fraction of sp³-hybridized carbons (Fsp3) is 0.400. The highest BCUT2D eigenvalue weighted by atomic mass is 19.4. The van der Waals surface area contributed by atoms with Gasteiger partial charge < -0.3 is 11.1 Å². The predicted octanol–water partition coefficient (Wildman–Crippen LogP) is 2.73. The van der Waals surface area contributed by atoms with Crippen LogP contribution < -0.4 is 11.1 Å².